The Hall–Kier alpha value is -2.35. The SMILES string of the molecule is Cc1nn(C)c(N(C)CCc2ccncc2)c1C#N. The zero-order valence-corrected chi connectivity index (χ0v) is 11.5. The quantitative estimate of drug-likeness (QED) is 0.834. The molecule has 0 bridgehead atoms. The second-order valence-electron chi connectivity index (χ2n) is 4.55. The van der Waals surface area contributed by atoms with Gasteiger partial charge in [-0.3, -0.25) is 9.67 Å². The summed E-state index contributed by atoms with van der Waals surface area (Å²) in [6.45, 7) is 2.69. The minimum atomic E-state index is 0.653. The van der Waals surface area contributed by atoms with Gasteiger partial charge in [-0.25, -0.2) is 0 Å². The first kappa shape index (κ1) is 13.1. The fraction of sp³-hybridized carbons (Fsp3) is 0.357. The molecule has 19 heavy (non-hydrogen) atoms. The van der Waals surface area contributed by atoms with Crippen LogP contribution in [0.15, 0.2) is 24.5 Å². The van der Waals surface area contributed by atoms with Crippen LogP contribution in [0, 0.1) is 18.3 Å². The monoisotopic (exact) mass is 255 g/mol. The summed E-state index contributed by atoms with van der Waals surface area (Å²) in [6.07, 6.45) is 4.50. The van der Waals surface area contributed by atoms with Crippen molar-refractivity contribution in [3.8, 4) is 6.07 Å². The highest BCUT2D eigenvalue weighted by Crippen LogP contribution is 2.21. The third kappa shape index (κ3) is 2.74. The van der Waals surface area contributed by atoms with Crippen molar-refractivity contribution >= 4 is 5.82 Å². The molecule has 0 fully saturated rings. The Morgan fingerprint density at radius 2 is 2.05 bits per heavy atom. The lowest BCUT2D eigenvalue weighted by Crippen LogP contribution is -2.23. The summed E-state index contributed by atoms with van der Waals surface area (Å²) in [6, 6.07) is 6.24. The van der Waals surface area contributed by atoms with Gasteiger partial charge in [-0.05, 0) is 31.0 Å². The van der Waals surface area contributed by atoms with Gasteiger partial charge in [0.2, 0.25) is 0 Å². The number of aryl methyl sites for hydroxylation is 2. The summed E-state index contributed by atoms with van der Waals surface area (Å²) in [5.74, 6) is 0.869. The molecule has 0 amide bonds. The van der Waals surface area contributed by atoms with E-state index in [1.165, 1.54) is 5.56 Å². The average Bonchev–Trinajstić information content (AvgIpc) is 2.71. The van der Waals surface area contributed by atoms with Crippen LogP contribution in [0.1, 0.15) is 16.8 Å². The van der Waals surface area contributed by atoms with Gasteiger partial charge in [0, 0.05) is 33.0 Å². The molecule has 0 N–H and O–H groups in total. The number of rotatable bonds is 4. The van der Waals surface area contributed by atoms with E-state index < -0.39 is 0 Å². The Morgan fingerprint density at radius 1 is 1.37 bits per heavy atom. The molecule has 0 aromatic carbocycles. The van der Waals surface area contributed by atoms with Crippen LogP contribution < -0.4 is 4.90 Å². The minimum Gasteiger partial charge on any atom is -0.358 e. The molecular weight excluding hydrogens is 238 g/mol. The number of hydrogen-bond acceptors (Lipinski definition) is 4. The highest BCUT2D eigenvalue weighted by Gasteiger charge is 2.16. The minimum absolute atomic E-state index is 0.653. The maximum Gasteiger partial charge on any atom is 0.144 e. The first-order valence-electron chi connectivity index (χ1n) is 6.17. The second-order valence-corrected chi connectivity index (χ2v) is 4.55. The van der Waals surface area contributed by atoms with Crippen molar-refractivity contribution in [2.24, 2.45) is 7.05 Å². The summed E-state index contributed by atoms with van der Waals surface area (Å²) >= 11 is 0. The topological polar surface area (TPSA) is 57.7 Å². The molecule has 98 valence electrons. The van der Waals surface area contributed by atoms with E-state index >= 15 is 0 Å². The van der Waals surface area contributed by atoms with Crippen molar-refractivity contribution in [1.29, 1.82) is 5.26 Å². The zero-order chi connectivity index (χ0) is 13.8. The molecular formula is C14H17N5. The third-order valence-corrected chi connectivity index (χ3v) is 3.15. The van der Waals surface area contributed by atoms with Gasteiger partial charge >= 0.3 is 0 Å². The van der Waals surface area contributed by atoms with E-state index in [0.717, 1.165) is 24.5 Å². The Morgan fingerprint density at radius 3 is 2.68 bits per heavy atom. The second kappa shape index (κ2) is 5.53. The standard InChI is InChI=1S/C14H17N5/c1-11-13(10-15)14(19(3)17-11)18(2)9-6-12-4-7-16-8-5-12/h4-5,7-8H,6,9H2,1-3H3. The molecule has 5 heteroatoms. The van der Waals surface area contributed by atoms with Crippen molar-refractivity contribution in [3.63, 3.8) is 0 Å². The molecule has 2 aromatic heterocycles. The molecule has 0 radical (unpaired) electrons. The van der Waals surface area contributed by atoms with Gasteiger partial charge in [0.05, 0.1) is 5.69 Å². The number of anilines is 1. The van der Waals surface area contributed by atoms with E-state index in [2.05, 4.69) is 21.1 Å². The van der Waals surface area contributed by atoms with E-state index in [0.29, 0.717) is 5.56 Å². The van der Waals surface area contributed by atoms with Crippen LogP contribution >= 0.6 is 0 Å². The van der Waals surface area contributed by atoms with Crippen LogP contribution in [-0.2, 0) is 13.5 Å². The fourth-order valence-electron chi connectivity index (χ4n) is 2.17. The maximum atomic E-state index is 9.21. The molecule has 0 unspecified atom stereocenters. The van der Waals surface area contributed by atoms with Crippen LogP contribution in [0.4, 0.5) is 5.82 Å². The van der Waals surface area contributed by atoms with Gasteiger partial charge in [-0.2, -0.15) is 10.4 Å². The zero-order valence-electron chi connectivity index (χ0n) is 11.5. The highest BCUT2D eigenvalue weighted by atomic mass is 15.4. The van der Waals surface area contributed by atoms with Crippen LogP contribution in [0.2, 0.25) is 0 Å². The van der Waals surface area contributed by atoms with E-state index in [4.69, 9.17) is 0 Å². The molecule has 5 nitrogen and oxygen atoms in total. The fourth-order valence-corrected chi connectivity index (χ4v) is 2.17. The predicted molar refractivity (Wildman–Crippen MR) is 73.9 cm³/mol. The van der Waals surface area contributed by atoms with Crippen molar-refractivity contribution < 1.29 is 0 Å². The third-order valence-electron chi connectivity index (χ3n) is 3.15. The van der Waals surface area contributed by atoms with E-state index in [1.54, 1.807) is 17.1 Å². The van der Waals surface area contributed by atoms with Crippen molar-refractivity contribution in [3.05, 3.63) is 41.3 Å². The highest BCUT2D eigenvalue weighted by molar-refractivity contribution is 5.56. The molecule has 2 heterocycles. The van der Waals surface area contributed by atoms with Gasteiger partial charge in [-0.1, -0.05) is 0 Å². The Balaban J connectivity index is 2.13. The molecule has 0 aliphatic rings. The Bertz CT molecular complexity index is 594. The van der Waals surface area contributed by atoms with Gasteiger partial charge in [0.25, 0.3) is 0 Å². The number of nitrogens with zero attached hydrogens (tertiary/aromatic N) is 5. The smallest absolute Gasteiger partial charge is 0.144 e. The molecule has 0 aliphatic carbocycles. The Kier molecular flexibility index (Phi) is 3.81. The molecule has 2 rings (SSSR count). The average molecular weight is 255 g/mol. The maximum absolute atomic E-state index is 9.21. The number of likely N-dealkylation sites (N-methyl/N-ethyl adjacent to an activating group) is 1. The van der Waals surface area contributed by atoms with Crippen molar-refractivity contribution in [1.82, 2.24) is 14.8 Å². The number of aromatic nitrogens is 3. The molecule has 0 atom stereocenters. The van der Waals surface area contributed by atoms with E-state index in [9.17, 15) is 5.26 Å². The van der Waals surface area contributed by atoms with Gasteiger partial charge < -0.3 is 4.90 Å². The number of pyridine rings is 1. The van der Waals surface area contributed by atoms with Crippen molar-refractivity contribution in [2.75, 3.05) is 18.5 Å². The van der Waals surface area contributed by atoms with Crippen LogP contribution in [0.25, 0.3) is 0 Å². The molecule has 2 aromatic rings. The van der Waals surface area contributed by atoms with Gasteiger partial charge in [0.1, 0.15) is 17.5 Å². The summed E-state index contributed by atoms with van der Waals surface area (Å²) in [5, 5.41) is 13.5. The lowest BCUT2D eigenvalue weighted by Gasteiger charge is -2.19. The number of hydrogen-bond donors (Lipinski definition) is 0. The predicted octanol–water partition coefficient (Wildman–Crippen LogP) is 1.67. The summed E-state index contributed by atoms with van der Waals surface area (Å²) < 4.78 is 1.76. The number of nitriles is 1. The normalized spacial score (nSPS) is 10.2. The summed E-state index contributed by atoms with van der Waals surface area (Å²) in [5.41, 5.74) is 2.66. The van der Waals surface area contributed by atoms with Gasteiger partial charge in [0.15, 0.2) is 0 Å². The molecule has 0 spiro atoms. The largest absolute Gasteiger partial charge is 0.358 e. The Labute approximate surface area is 113 Å². The lowest BCUT2D eigenvalue weighted by atomic mass is 10.2. The first-order chi connectivity index (χ1) is 9.13. The first-order valence-corrected chi connectivity index (χ1v) is 6.17. The summed E-state index contributed by atoms with van der Waals surface area (Å²) in [4.78, 5) is 6.07. The van der Waals surface area contributed by atoms with Gasteiger partial charge in [-0.15, -0.1) is 0 Å². The van der Waals surface area contributed by atoms with E-state index in [1.807, 2.05) is 33.2 Å². The molecule has 0 aliphatic heterocycles. The van der Waals surface area contributed by atoms with Crippen LogP contribution in [0.3, 0.4) is 0 Å². The van der Waals surface area contributed by atoms with E-state index in [-0.39, 0.29) is 0 Å². The van der Waals surface area contributed by atoms with Crippen LogP contribution in [0.5, 0.6) is 0 Å². The van der Waals surface area contributed by atoms with Crippen LogP contribution in [-0.4, -0.2) is 28.4 Å². The van der Waals surface area contributed by atoms with Crippen molar-refractivity contribution in [2.45, 2.75) is 13.3 Å². The summed E-state index contributed by atoms with van der Waals surface area (Å²) in [7, 11) is 3.85. The molecule has 0 saturated heterocycles. The molecule has 0 saturated carbocycles. The lowest BCUT2D eigenvalue weighted by molar-refractivity contribution is 0.724.